The maximum absolute atomic E-state index is 11.7. The lowest BCUT2D eigenvalue weighted by molar-refractivity contribution is -0.141. The van der Waals surface area contributed by atoms with Crippen LogP contribution in [-0.2, 0) is 28.7 Å². The third-order valence-corrected chi connectivity index (χ3v) is 4.66. The zero-order chi connectivity index (χ0) is 18.9. The highest BCUT2D eigenvalue weighted by molar-refractivity contribution is 7.99. The number of rotatable bonds is 16. The third-order valence-electron chi connectivity index (χ3n) is 3.68. The number of unbranched alkanes of at least 4 members (excludes halogenated alkanes) is 2. The van der Waals surface area contributed by atoms with Crippen molar-refractivity contribution in [1.82, 2.24) is 0 Å². The molecule has 0 rings (SSSR count). The summed E-state index contributed by atoms with van der Waals surface area (Å²) in [6, 6.07) is 0. The molecule has 25 heavy (non-hydrogen) atoms. The van der Waals surface area contributed by atoms with Gasteiger partial charge in [0.05, 0.1) is 14.2 Å². The average molecular weight is 374 g/mol. The zero-order valence-corrected chi connectivity index (χ0v) is 16.2. The second-order valence-corrected chi connectivity index (χ2v) is 6.98. The van der Waals surface area contributed by atoms with Crippen molar-refractivity contribution in [2.75, 3.05) is 25.7 Å². The van der Waals surface area contributed by atoms with Crippen LogP contribution in [0.3, 0.4) is 0 Å². The van der Waals surface area contributed by atoms with Crippen molar-refractivity contribution in [2.45, 2.75) is 64.2 Å². The molecule has 0 radical (unpaired) electrons. The first-order valence-corrected chi connectivity index (χ1v) is 9.89. The molecule has 0 unspecified atom stereocenters. The molecule has 0 aliphatic rings. The summed E-state index contributed by atoms with van der Waals surface area (Å²) in [5.74, 6) is 1.38. The third kappa shape index (κ3) is 15.9. The van der Waals surface area contributed by atoms with Crippen molar-refractivity contribution in [3.05, 3.63) is 0 Å². The summed E-state index contributed by atoms with van der Waals surface area (Å²) in [4.78, 5) is 45.2. The number of Topliss-reactive ketones (excluding diaryl/α,β-unsaturated/α-hetero) is 2. The standard InChI is InChI=1S/C18H30O6S/c1-23-17(21)9-5-3-7-15(19)11-13-25-14-12-16(20)8-4-6-10-18(22)24-2/h3-14H2,1-2H3. The molecular weight excluding hydrogens is 344 g/mol. The molecule has 0 aliphatic carbocycles. The average Bonchev–Trinajstić information content (AvgIpc) is 2.61. The molecule has 7 heteroatoms. The van der Waals surface area contributed by atoms with Gasteiger partial charge in [0.15, 0.2) is 0 Å². The molecule has 0 spiro atoms. The molecule has 0 aliphatic heterocycles. The monoisotopic (exact) mass is 374 g/mol. The summed E-state index contributed by atoms with van der Waals surface area (Å²) in [5, 5.41) is 0. The van der Waals surface area contributed by atoms with E-state index in [0.717, 1.165) is 11.5 Å². The van der Waals surface area contributed by atoms with Gasteiger partial charge in [0.2, 0.25) is 0 Å². The molecule has 0 bridgehead atoms. The summed E-state index contributed by atoms with van der Waals surface area (Å²) in [5.41, 5.74) is 0. The van der Waals surface area contributed by atoms with E-state index in [1.165, 1.54) is 14.2 Å². The Labute approximate surface area is 154 Å². The molecular formula is C18H30O6S. The first-order chi connectivity index (χ1) is 12.0. The number of ether oxygens (including phenoxy) is 2. The quantitative estimate of drug-likeness (QED) is 0.303. The summed E-state index contributed by atoms with van der Waals surface area (Å²) in [6.45, 7) is 0. The van der Waals surface area contributed by atoms with Crippen LogP contribution in [0.2, 0.25) is 0 Å². The summed E-state index contributed by atoms with van der Waals surface area (Å²) in [6.07, 6.45) is 5.51. The van der Waals surface area contributed by atoms with E-state index in [9.17, 15) is 19.2 Å². The Morgan fingerprint density at radius 1 is 0.600 bits per heavy atom. The number of methoxy groups -OCH3 is 2. The van der Waals surface area contributed by atoms with Gasteiger partial charge in [0.1, 0.15) is 11.6 Å². The molecule has 0 saturated heterocycles. The highest BCUT2D eigenvalue weighted by atomic mass is 32.2. The number of carbonyl (C=O) groups is 4. The first kappa shape index (κ1) is 23.6. The minimum Gasteiger partial charge on any atom is -0.469 e. The first-order valence-electron chi connectivity index (χ1n) is 8.74. The maximum Gasteiger partial charge on any atom is 0.305 e. The van der Waals surface area contributed by atoms with Gasteiger partial charge in [-0.3, -0.25) is 19.2 Å². The van der Waals surface area contributed by atoms with E-state index in [4.69, 9.17) is 0 Å². The Kier molecular flexibility index (Phi) is 15.2. The topological polar surface area (TPSA) is 86.7 Å². The highest BCUT2D eigenvalue weighted by Gasteiger charge is 2.06. The van der Waals surface area contributed by atoms with E-state index in [0.29, 0.717) is 64.2 Å². The van der Waals surface area contributed by atoms with Crippen molar-refractivity contribution in [3.63, 3.8) is 0 Å². The van der Waals surface area contributed by atoms with Crippen molar-refractivity contribution in [1.29, 1.82) is 0 Å². The molecule has 0 heterocycles. The molecule has 0 amide bonds. The van der Waals surface area contributed by atoms with Gasteiger partial charge >= 0.3 is 11.9 Å². The Morgan fingerprint density at radius 2 is 0.960 bits per heavy atom. The number of thioether (sulfide) groups is 1. The normalized spacial score (nSPS) is 10.3. The van der Waals surface area contributed by atoms with Gasteiger partial charge < -0.3 is 9.47 Å². The smallest absolute Gasteiger partial charge is 0.305 e. The van der Waals surface area contributed by atoms with E-state index < -0.39 is 0 Å². The molecule has 6 nitrogen and oxygen atoms in total. The van der Waals surface area contributed by atoms with Crippen LogP contribution < -0.4 is 0 Å². The Hall–Kier alpha value is -1.37. The number of esters is 2. The van der Waals surface area contributed by atoms with E-state index in [2.05, 4.69) is 9.47 Å². The van der Waals surface area contributed by atoms with Crippen LogP contribution >= 0.6 is 11.8 Å². The van der Waals surface area contributed by atoms with Crippen LogP contribution in [-0.4, -0.2) is 49.2 Å². The molecule has 0 aromatic heterocycles. The van der Waals surface area contributed by atoms with Crippen LogP contribution in [0.5, 0.6) is 0 Å². The fourth-order valence-corrected chi connectivity index (χ4v) is 3.06. The van der Waals surface area contributed by atoms with Crippen molar-refractivity contribution in [3.8, 4) is 0 Å². The van der Waals surface area contributed by atoms with E-state index >= 15 is 0 Å². The van der Waals surface area contributed by atoms with Crippen LogP contribution in [0.25, 0.3) is 0 Å². The van der Waals surface area contributed by atoms with Crippen molar-refractivity contribution >= 4 is 35.3 Å². The maximum atomic E-state index is 11.7. The second kappa shape index (κ2) is 16.1. The number of carbonyl (C=O) groups excluding carboxylic acids is 4. The Balaban J connectivity index is 3.43. The van der Waals surface area contributed by atoms with Gasteiger partial charge in [-0.25, -0.2) is 0 Å². The molecule has 0 aromatic carbocycles. The highest BCUT2D eigenvalue weighted by Crippen LogP contribution is 2.11. The number of hydrogen-bond acceptors (Lipinski definition) is 7. The SMILES string of the molecule is COC(=O)CCCCC(=O)CCSCCC(=O)CCCCC(=O)OC. The van der Waals surface area contributed by atoms with Crippen molar-refractivity contribution < 1.29 is 28.7 Å². The molecule has 0 N–H and O–H groups in total. The van der Waals surface area contributed by atoms with Crippen LogP contribution in [0, 0.1) is 0 Å². The minimum absolute atomic E-state index is 0.200. The van der Waals surface area contributed by atoms with Crippen LogP contribution in [0.15, 0.2) is 0 Å². The van der Waals surface area contributed by atoms with Gasteiger partial charge in [-0.2, -0.15) is 11.8 Å². The second-order valence-electron chi connectivity index (χ2n) is 5.76. The lowest BCUT2D eigenvalue weighted by atomic mass is 10.1. The number of ketones is 2. The van der Waals surface area contributed by atoms with Gasteiger partial charge in [-0.1, -0.05) is 0 Å². The summed E-state index contributed by atoms with van der Waals surface area (Å²) in [7, 11) is 2.72. The summed E-state index contributed by atoms with van der Waals surface area (Å²) >= 11 is 1.62. The van der Waals surface area contributed by atoms with E-state index in [1.807, 2.05) is 0 Å². The van der Waals surface area contributed by atoms with Crippen molar-refractivity contribution in [2.24, 2.45) is 0 Å². The zero-order valence-electron chi connectivity index (χ0n) is 15.3. The largest absolute Gasteiger partial charge is 0.469 e. The molecule has 0 fully saturated rings. The molecule has 0 saturated carbocycles. The summed E-state index contributed by atoms with van der Waals surface area (Å²) < 4.78 is 9.08. The lowest BCUT2D eigenvalue weighted by Gasteiger charge is -2.03. The molecule has 0 atom stereocenters. The fraction of sp³-hybridized carbons (Fsp3) is 0.778. The van der Waals surface area contributed by atoms with Gasteiger partial charge in [-0.15, -0.1) is 0 Å². The van der Waals surface area contributed by atoms with Gasteiger partial charge in [-0.05, 0) is 25.7 Å². The Morgan fingerprint density at radius 3 is 1.32 bits per heavy atom. The minimum atomic E-state index is -0.238. The fourth-order valence-electron chi connectivity index (χ4n) is 2.11. The van der Waals surface area contributed by atoms with E-state index in [-0.39, 0.29) is 23.5 Å². The predicted octanol–water partition coefficient (Wildman–Crippen LogP) is 3.10. The number of hydrogen-bond donors (Lipinski definition) is 0. The molecule has 144 valence electrons. The molecule has 0 aromatic rings. The van der Waals surface area contributed by atoms with Gasteiger partial charge in [0.25, 0.3) is 0 Å². The van der Waals surface area contributed by atoms with Crippen LogP contribution in [0.1, 0.15) is 64.2 Å². The lowest BCUT2D eigenvalue weighted by Crippen LogP contribution is -2.04. The van der Waals surface area contributed by atoms with Gasteiger partial charge in [0, 0.05) is 50.0 Å². The predicted molar refractivity (Wildman–Crippen MR) is 97.5 cm³/mol. The van der Waals surface area contributed by atoms with E-state index in [1.54, 1.807) is 11.8 Å². The van der Waals surface area contributed by atoms with Crippen LogP contribution in [0.4, 0.5) is 0 Å². The Bertz CT molecular complexity index is 384.